The molecule has 5 heteroatoms. The number of aliphatic hydroxyl groups excluding tert-OH is 1. The van der Waals surface area contributed by atoms with Gasteiger partial charge in [-0.1, -0.05) is 49.4 Å². The van der Waals surface area contributed by atoms with Crippen molar-refractivity contribution in [2.75, 3.05) is 18.8 Å². The molecule has 0 aliphatic heterocycles. The van der Waals surface area contributed by atoms with Crippen molar-refractivity contribution in [2.45, 2.75) is 38.7 Å². The van der Waals surface area contributed by atoms with Crippen molar-refractivity contribution in [1.82, 2.24) is 5.32 Å². The number of rotatable bonds is 8. The fourth-order valence-corrected chi connectivity index (χ4v) is 2.33. The molecule has 0 aliphatic carbocycles. The van der Waals surface area contributed by atoms with Gasteiger partial charge in [-0.25, -0.2) is 0 Å². The standard InChI is InChI=1S/C14H22Cl2N2O/c1-2-3-4-5-6-18-9-13(19)10-7-11(15)14(17)12(16)8-10/h7-8,13,18-19H,2-6,9,17H2,1H3/t13-/m0/s1. The monoisotopic (exact) mass is 304 g/mol. The molecule has 1 atom stereocenters. The van der Waals surface area contributed by atoms with Crippen LogP contribution in [0.5, 0.6) is 0 Å². The number of unbranched alkanes of at least 4 members (excludes halogenated alkanes) is 3. The summed E-state index contributed by atoms with van der Waals surface area (Å²) in [5.41, 5.74) is 6.70. The minimum absolute atomic E-state index is 0.354. The van der Waals surface area contributed by atoms with Crippen LogP contribution in [0.3, 0.4) is 0 Å². The van der Waals surface area contributed by atoms with Crippen molar-refractivity contribution in [3.05, 3.63) is 27.7 Å². The minimum Gasteiger partial charge on any atom is -0.396 e. The first-order valence-electron chi connectivity index (χ1n) is 6.69. The van der Waals surface area contributed by atoms with Crippen LogP contribution in [-0.2, 0) is 0 Å². The molecule has 19 heavy (non-hydrogen) atoms. The zero-order chi connectivity index (χ0) is 14.3. The number of halogens is 2. The van der Waals surface area contributed by atoms with Gasteiger partial charge in [0.1, 0.15) is 0 Å². The highest BCUT2D eigenvalue weighted by atomic mass is 35.5. The summed E-state index contributed by atoms with van der Waals surface area (Å²) in [7, 11) is 0. The average Bonchev–Trinajstić information content (AvgIpc) is 2.39. The van der Waals surface area contributed by atoms with Gasteiger partial charge in [-0.3, -0.25) is 0 Å². The summed E-state index contributed by atoms with van der Waals surface area (Å²) >= 11 is 11.9. The third kappa shape index (κ3) is 5.57. The highest BCUT2D eigenvalue weighted by molar-refractivity contribution is 6.38. The molecular weight excluding hydrogens is 283 g/mol. The molecule has 0 amide bonds. The molecule has 3 nitrogen and oxygen atoms in total. The van der Waals surface area contributed by atoms with E-state index in [-0.39, 0.29) is 0 Å². The zero-order valence-electron chi connectivity index (χ0n) is 11.3. The van der Waals surface area contributed by atoms with Gasteiger partial charge in [-0.05, 0) is 30.7 Å². The fourth-order valence-electron chi connectivity index (χ4n) is 1.83. The first-order chi connectivity index (χ1) is 9.06. The van der Waals surface area contributed by atoms with E-state index < -0.39 is 6.10 Å². The molecule has 0 saturated heterocycles. The van der Waals surface area contributed by atoms with Gasteiger partial charge in [0, 0.05) is 6.54 Å². The summed E-state index contributed by atoms with van der Waals surface area (Å²) in [6.45, 7) is 3.59. The van der Waals surface area contributed by atoms with Crippen LogP contribution in [-0.4, -0.2) is 18.2 Å². The second kappa shape index (κ2) is 8.64. The number of nitrogen functional groups attached to an aromatic ring is 1. The summed E-state index contributed by atoms with van der Waals surface area (Å²) in [5.74, 6) is 0. The van der Waals surface area contributed by atoms with E-state index in [1.165, 1.54) is 19.3 Å². The van der Waals surface area contributed by atoms with E-state index in [2.05, 4.69) is 12.2 Å². The Morgan fingerprint density at radius 1 is 1.21 bits per heavy atom. The molecule has 0 spiro atoms. The molecule has 108 valence electrons. The third-order valence-corrected chi connectivity index (χ3v) is 3.66. The molecule has 0 saturated carbocycles. The lowest BCUT2D eigenvalue weighted by Crippen LogP contribution is -2.22. The van der Waals surface area contributed by atoms with Gasteiger partial charge >= 0.3 is 0 Å². The number of nitrogens with one attached hydrogen (secondary N) is 1. The summed E-state index contributed by atoms with van der Waals surface area (Å²) in [5, 5.41) is 14.0. The number of hydrogen-bond acceptors (Lipinski definition) is 3. The van der Waals surface area contributed by atoms with Crippen LogP contribution >= 0.6 is 23.2 Å². The van der Waals surface area contributed by atoms with Crippen molar-refractivity contribution in [3.8, 4) is 0 Å². The molecule has 1 aromatic carbocycles. The molecule has 0 radical (unpaired) electrons. The van der Waals surface area contributed by atoms with Gasteiger partial charge in [0.25, 0.3) is 0 Å². The summed E-state index contributed by atoms with van der Waals surface area (Å²) < 4.78 is 0. The Morgan fingerprint density at radius 3 is 2.42 bits per heavy atom. The maximum atomic E-state index is 10.0. The largest absolute Gasteiger partial charge is 0.396 e. The number of aliphatic hydroxyl groups is 1. The average molecular weight is 305 g/mol. The van der Waals surface area contributed by atoms with Crippen LogP contribution < -0.4 is 11.1 Å². The molecule has 0 heterocycles. The van der Waals surface area contributed by atoms with Crippen LogP contribution in [0.25, 0.3) is 0 Å². The third-order valence-electron chi connectivity index (χ3n) is 3.03. The van der Waals surface area contributed by atoms with Crippen LogP contribution in [0.4, 0.5) is 5.69 Å². The lowest BCUT2D eigenvalue weighted by Gasteiger charge is -2.14. The predicted molar refractivity (Wildman–Crippen MR) is 82.8 cm³/mol. The highest BCUT2D eigenvalue weighted by Gasteiger charge is 2.11. The number of benzene rings is 1. The topological polar surface area (TPSA) is 58.3 Å². The second-order valence-electron chi connectivity index (χ2n) is 4.68. The quantitative estimate of drug-likeness (QED) is 0.506. The molecule has 1 aromatic rings. The molecule has 1 rings (SSSR count). The molecular formula is C14H22Cl2N2O. The summed E-state index contributed by atoms with van der Waals surface area (Å²) in [4.78, 5) is 0. The Balaban J connectivity index is 2.39. The van der Waals surface area contributed by atoms with Crippen LogP contribution in [0.2, 0.25) is 10.0 Å². The lowest BCUT2D eigenvalue weighted by molar-refractivity contribution is 0.174. The van der Waals surface area contributed by atoms with Crippen molar-refractivity contribution in [3.63, 3.8) is 0 Å². The van der Waals surface area contributed by atoms with E-state index in [1.807, 2.05) is 0 Å². The van der Waals surface area contributed by atoms with E-state index in [9.17, 15) is 5.11 Å². The Bertz CT molecular complexity index is 376. The minimum atomic E-state index is -0.623. The second-order valence-corrected chi connectivity index (χ2v) is 5.49. The highest BCUT2D eigenvalue weighted by Crippen LogP contribution is 2.31. The number of anilines is 1. The smallest absolute Gasteiger partial charge is 0.0915 e. The van der Waals surface area contributed by atoms with Crippen molar-refractivity contribution in [1.29, 1.82) is 0 Å². The summed E-state index contributed by atoms with van der Waals surface area (Å²) in [6.07, 6.45) is 4.21. The van der Waals surface area contributed by atoms with E-state index in [4.69, 9.17) is 28.9 Å². The fraction of sp³-hybridized carbons (Fsp3) is 0.571. The molecule has 0 unspecified atom stereocenters. The van der Waals surface area contributed by atoms with Crippen LogP contribution in [0.15, 0.2) is 12.1 Å². The van der Waals surface area contributed by atoms with Crippen molar-refractivity contribution in [2.24, 2.45) is 0 Å². The van der Waals surface area contributed by atoms with Crippen LogP contribution in [0, 0.1) is 0 Å². The van der Waals surface area contributed by atoms with Gasteiger partial charge < -0.3 is 16.2 Å². The Labute approximate surface area is 125 Å². The number of nitrogens with two attached hydrogens (primary N) is 1. The first kappa shape index (κ1) is 16.6. The molecule has 0 bridgehead atoms. The molecule has 4 N–H and O–H groups in total. The normalized spacial score (nSPS) is 12.6. The maximum absolute atomic E-state index is 10.0. The lowest BCUT2D eigenvalue weighted by atomic mass is 10.1. The zero-order valence-corrected chi connectivity index (χ0v) is 12.8. The molecule has 0 aliphatic rings. The Morgan fingerprint density at radius 2 is 1.84 bits per heavy atom. The van der Waals surface area contributed by atoms with E-state index in [0.29, 0.717) is 27.8 Å². The Kier molecular flexibility index (Phi) is 7.54. The van der Waals surface area contributed by atoms with Gasteiger partial charge in [0.15, 0.2) is 0 Å². The van der Waals surface area contributed by atoms with E-state index in [1.54, 1.807) is 12.1 Å². The van der Waals surface area contributed by atoms with Gasteiger partial charge in [0.2, 0.25) is 0 Å². The number of hydrogen-bond donors (Lipinski definition) is 3. The maximum Gasteiger partial charge on any atom is 0.0915 e. The molecule has 0 fully saturated rings. The first-order valence-corrected chi connectivity index (χ1v) is 7.45. The van der Waals surface area contributed by atoms with E-state index in [0.717, 1.165) is 13.0 Å². The van der Waals surface area contributed by atoms with Crippen LogP contribution in [0.1, 0.15) is 44.3 Å². The van der Waals surface area contributed by atoms with Gasteiger partial charge in [0.05, 0.1) is 21.8 Å². The van der Waals surface area contributed by atoms with Gasteiger partial charge in [-0.2, -0.15) is 0 Å². The SMILES string of the molecule is CCCCCCNC[C@H](O)c1cc(Cl)c(N)c(Cl)c1. The van der Waals surface area contributed by atoms with E-state index >= 15 is 0 Å². The Hall–Kier alpha value is -0.480. The van der Waals surface area contributed by atoms with Gasteiger partial charge in [-0.15, -0.1) is 0 Å². The molecule has 0 aromatic heterocycles. The van der Waals surface area contributed by atoms with Crippen molar-refractivity contribution < 1.29 is 5.11 Å². The summed E-state index contributed by atoms with van der Waals surface area (Å²) in [6, 6.07) is 3.32. The predicted octanol–water partition coefficient (Wildman–Crippen LogP) is 3.78. The van der Waals surface area contributed by atoms with Crippen molar-refractivity contribution >= 4 is 28.9 Å².